The van der Waals surface area contributed by atoms with E-state index in [9.17, 15) is 9.59 Å². The highest BCUT2D eigenvalue weighted by atomic mass is 16.5. The van der Waals surface area contributed by atoms with Crippen molar-refractivity contribution in [1.82, 2.24) is 15.4 Å². The van der Waals surface area contributed by atoms with Gasteiger partial charge in [0.15, 0.2) is 11.3 Å². The van der Waals surface area contributed by atoms with Crippen LogP contribution in [0.1, 0.15) is 16.8 Å². The van der Waals surface area contributed by atoms with Gasteiger partial charge >= 0.3 is 6.03 Å². The van der Waals surface area contributed by atoms with Crippen LogP contribution in [0, 0.1) is 0 Å². The van der Waals surface area contributed by atoms with Crippen molar-refractivity contribution < 1.29 is 14.1 Å². The van der Waals surface area contributed by atoms with E-state index >= 15 is 0 Å². The second kappa shape index (κ2) is 8.15. The van der Waals surface area contributed by atoms with Gasteiger partial charge in [0.2, 0.25) is 0 Å². The van der Waals surface area contributed by atoms with Gasteiger partial charge in [0.25, 0.3) is 5.91 Å². The molecule has 1 saturated heterocycles. The molecule has 1 atom stereocenters. The molecule has 6 nitrogen and oxygen atoms in total. The first kappa shape index (κ1) is 19.8. The highest BCUT2D eigenvalue weighted by molar-refractivity contribution is 6.07. The zero-order valence-electron chi connectivity index (χ0n) is 17.3. The lowest BCUT2D eigenvalue weighted by Crippen LogP contribution is -2.46. The van der Waals surface area contributed by atoms with E-state index in [-0.39, 0.29) is 12.5 Å². The SMILES string of the molecule is O=C1NC(Cc2ccccc2)(c2ccccc2)C(=O)N1Cc1cc(-c2ccccc2)on1. The number of benzene rings is 3. The molecule has 1 unspecified atom stereocenters. The number of carbonyl (C=O) groups excluding carboxylic acids is 2. The summed E-state index contributed by atoms with van der Waals surface area (Å²) in [5.74, 6) is 0.285. The number of rotatable bonds is 6. The van der Waals surface area contributed by atoms with Gasteiger partial charge in [0, 0.05) is 18.1 Å². The van der Waals surface area contributed by atoms with Gasteiger partial charge in [-0.1, -0.05) is 96.2 Å². The summed E-state index contributed by atoms with van der Waals surface area (Å²) < 4.78 is 5.44. The number of aromatic nitrogens is 1. The fraction of sp³-hybridized carbons (Fsp3) is 0.115. The maximum Gasteiger partial charge on any atom is 0.325 e. The average Bonchev–Trinajstić information content (AvgIpc) is 3.40. The highest BCUT2D eigenvalue weighted by Crippen LogP contribution is 2.34. The molecule has 4 aromatic rings. The van der Waals surface area contributed by atoms with Gasteiger partial charge in [-0.15, -0.1) is 0 Å². The van der Waals surface area contributed by atoms with Crippen LogP contribution in [-0.4, -0.2) is 22.0 Å². The van der Waals surface area contributed by atoms with E-state index in [0.29, 0.717) is 17.9 Å². The van der Waals surface area contributed by atoms with Gasteiger partial charge in [-0.25, -0.2) is 4.79 Å². The molecule has 1 aliphatic heterocycles. The molecule has 0 saturated carbocycles. The van der Waals surface area contributed by atoms with Crippen molar-refractivity contribution in [3.8, 4) is 11.3 Å². The Labute approximate surface area is 185 Å². The standard InChI is InChI=1S/C26H21N3O3/c30-24-26(21-14-8-3-9-15-21,17-19-10-4-1-5-11-19)27-25(31)29(24)18-22-16-23(32-28-22)20-12-6-2-7-13-20/h1-16H,17-18H2,(H,27,31). The van der Waals surface area contributed by atoms with Crippen molar-refractivity contribution in [3.05, 3.63) is 114 Å². The molecule has 0 radical (unpaired) electrons. The largest absolute Gasteiger partial charge is 0.356 e. The molecular weight excluding hydrogens is 402 g/mol. The molecule has 0 spiro atoms. The number of urea groups is 1. The quantitative estimate of drug-likeness (QED) is 0.462. The zero-order valence-corrected chi connectivity index (χ0v) is 17.3. The minimum atomic E-state index is -1.17. The molecule has 1 aliphatic rings. The third-order valence-electron chi connectivity index (χ3n) is 5.69. The van der Waals surface area contributed by atoms with Crippen LogP contribution in [0.4, 0.5) is 4.79 Å². The van der Waals surface area contributed by atoms with Crippen molar-refractivity contribution >= 4 is 11.9 Å². The van der Waals surface area contributed by atoms with Gasteiger partial charge in [-0.2, -0.15) is 0 Å². The van der Waals surface area contributed by atoms with Crippen LogP contribution in [0.25, 0.3) is 11.3 Å². The van der Waals surface area contributed by atoms with E-state index < -0.39 is 11.6 Å². The van der Waals surface area contributed by atoms with Crippen molar-refractivity contribution in [3.63, 3.8) is 0 Å². The molecular formula is C26H21N3O3. The number of imide groups is 1. The molecule has 1 aromatic heterocycles. The number of hydrogen-bond acceptors (Lipinski definition) is 4. The maximum atomic E-state index is 13.7. The smallest absolute Gasteiger partial charge is 0.325 e. The van der Waals surface area contributed by atoms with Crippen LogP contribution in [0.15, 0.2) is 102 Å². The van der Waals surface area contributed by atoms with Crippen molar-refractivity contribution in [2.75, 3.05) is 0 Å². The average molecular weight is 423 g/mol. The van der Waals surface area contributed by atoms with Gasteiger partial charge < -0.3 is 9.84 Å². The van der Waals surface area contributed by atoms with Crippen molar-refractivity contribution in [2.24, 2.45) is 0 Å². The number of carbonyl (C=O) groups is 2. The number of amides is 3. The first-order valence-electron chi connectivity index (χ1n) is 10.4. The van der Waals surface area contributed by atoms with Crippen LogP contribution in [0.2, 0.25) is 0 Å². The Morgan fingerprint density at radius 3 is 2.16 bits per heavy atom. The Balaban J connectivity index is 1.46. The van der Waals surface area contributed by atoms with Crippen molar-refractivity contribution in [2.45, 2.75) is 18.5 Å². The lowest BCUT2D eigenvalue weighted by Gasteiger charge is -2.27. The third-order valence-corrected chi connectivity index (χ3v) is 5.69. The fourth-order valence-corrected chi connectivity index (χ4v) is 4.10. The van der Waals surface area contributed by atoms with Gasteiger partial charge in [0.05, 0.1) is 6.54 Å². The molecule has 1 fully saturated rings. The molecule has 32 heavy (non-hydrogen) atoms. The third kappa shape index (κ3) is 3.56. The van der Waals surface area contributed by atoms with E-state index in [4.69, 9.17) is 4.52 Å². The number of hydrogen-bond donors (Lipinski definition) is 1. The second-order valence-electron chi connectivity index (χ2n) is 7.80. The minimum absolute atomic E-state index is 0.0321. The van der Waals surface area contributed by atoms with E-state index in [1.54, 1.807) is 6.07 Å². The monoisotopic (exact) mass is 423 g/mol. The molecule has 158 valence electrons. The molecule has 6 heteroatoms. The fourth-order valence-electron chi connectivity index (χ4n) is 4.10. The molecule has 2 heterocycles. The number of nitrogens with one attached hydrogen (secondary N) is 1. The van der Waals surface area contributed by atoms with Gasteiger partial charge in [0.1, 0.15) is 5.69 Å². The van der Waals surface area contributed by atoms with Gasteiger partial charge in [-0.3, -0.25) is 9.69 Å². The lowest BCUT2D eigenvalue weighted by atomic mass is 9.83. The normalized spacial score (nSPS) is 18.1. The van der Waals surface area contributed by atoms with Crippen LogP contribution in [0.5, 0.6) is 0 Å². The second-order valence-corrected chi connectivity index (χ2v) is 7.80. The molecule has 3 amide bonds. The molecule has 0 aliphatic carbocycles. The topological polar surface area (TPSA) is 75.4 Å². The van der Waals surface area contributed by atoms with E-state index in [0.717, 1.165) is 16.7 Å². The molecule has 0 bridgehead atoms. The summed E-state index contributed by atoms with van der Waals surface area (Å²) in [6.45, 7) is 0.0321. The first-order valence-corrected chi connectivity index (χ1v) is 10.4. The van der Waals surface area contributed by atoms with Crippen LogP contribution in [-0.2, 0) is 23.3 Å². The summed E-state index contributed by atoms with van der Waals surface area (Å²) in [6.07, 6.45) is 0.354. The Morgan fingerprint density at radius 1 is 0.844 bits per heavy atom. The summed E-state index contributed by atoms with van der Waals surface area (Å²) >= 11 is 0. The van der Waals surface area contributed by atoms with Gasteiger partial charge in [-0.05, 0) is 11.1 Å². The molecule has 5 rings (SSSR count). The summed E-state index contributed by atoms with van der Waals surface area (Å²) in [5, 5.41) is 7.05. The molecule has 1 N–H and O–H groups in total. The Bertz CT molecular complexity index is 1240. The summed E-state index contributed by atoms with van der Waals surface area (Å²) in [7, 11) is 0. The summed E-state index contributed by atoms with van der Waals surface area (Å²) in [5.41, 5.74) is 1.92. The van der Waals surface area contributed by atoms with E-state index in [1.807, 2.05) is 91.0 Å². The predicted octanol–water partition coefficient (Wildman–Crippen LogP) is 4.53. The highest BCUT2D eigenvalue weighted by Gasteiger charge is 2.52. The van der Waals surface area contributed by atoms with Crippen LogP contribution < -0.4 is 5.32 Å². The minimum Gasteiger partial charge on any atom is -0.356 e. The number of nitrogens with zero attached hydrogens (tertiary/aromatic N) is 2. The summed E-state index contributed by atoms with van der Waals surface area (Å²) in [4.78, 5) is 27.9. The maximum absolute atomic E-state index is 13.7. The lowest BCUT2D eigenvalue weighted by molar-refractivity contribution is -0.132. The van der Waals surface area contributed by atoms with Crippen molar-refractivity contribution in [1.29, 1.82) is 0 Å². The Kier molecular flexibility index (Phi) is 5.03. The summed E-state index contributed by atoms with van der Waals surface area (Å²) in [6, 6.07) is 29.9. The van der Waals surface area contributed by atoms with Crippen LogP contribution in [0.3, 0.4) is 0 Å². The molecule has 3 aromatic carbocycles. The Morgan fingerprint density at radius 2 is 1.47 bits per heavy atom. The predicted molar refractivity (Wildman–Crippen MR) is 119 cm³/mol. The Hall–Kier alpha value is -4.19. The zero-order chi connectivity index (χ0) is 22.0. The van der Waals surface area contributed by atoms with E-state index in [2.05, 4.69) is 10.5 Å². The van der Waals surface area contributed by atoms with Crippen LogP contribution >= 0.6 is 0 Å². The first-order chi connectivity index (χ1) is 15.7. The van der Waals surface area contributed by atoms with E-state index in [1.165, 1.54) is 4.90 Å².